The lowest BCUT2D eigenvalue weighted by molar-refractivity contribution is -0.134. The van der Waals surface area contributed by atoms with Crippen molar-refractivity contribution in [1.29, 1.82) is 0 Å². The molecule has 0 aromatic carbocycles. The van der Waals surface area contributed by atoms with E-state index in [1.165, 1.54) is 0 Å². The predicted molar refractivity (Wildman–Crippen MR) is 96.0 cm³/mol. The first-order valence-corrected chi connectivity index (χ1v) is 10.0. The van der Waals surface area contributed by atoms with Gasteiger partial charge in [-0.3, -0.25) is 14.5 Å². The van der Waals surface area contributed by atoms with Crippen LogP contribution in [0.1, 0.15) is 74.9 Å². The Balaban J connectivity index is 1.42. The second-order valence-corrected chi connectivity index (χ2v) is 8.41. The molecule has 0 radical (unpaired) electrons. The van der Waals surface area contributed by atoms with Gasteiger partial charge in [0.05, 0.1) is 13.3 Å². The summed E-state index contributed by atoms with van der Waals surface area (Å²) < 4.78 is 5.64. The van der Waals surface area contributed by atoms with E-state index < -0.39 is 6.04 Å². The predicted octanol–water partition coefficient (Wildman–Crippen LogP) is 1.49. The molecule has 4 rings (SSSR count). The third kappa shape index (κ3) is 3.65. The van der Waals surface area contributed by atoms with E-state index in [0.717, 1.165) is 44.9 Å². The van der Waals surface area contributed by atoms with Gasteiger partial charge in [-0.25, -0.2) is 0 Å². The third-order valence-corrected chi connectivity index (χ3v) is 6.39. The lowest BCUT2D eigenvalue weighted by atomic mass is 10.1. The summed E-state index contributed by atoms with van der Waals surface area (Å²) in [5.41, 5.74) is -0.0837. The molecule has 1 saturated heterocycles. The number of rotatable bonds is 7. The van der Waals surface area contributed by atoms with Crippen LogP contribution in [0.15, 0.2) is 4.42 Å². The molecule has 8 heteroatoms. The topological polar surface area (TPSA) is 99.8 Å². The highest BCUT2D eigenvalue weighted by molar-refractivity contribution is 5.98. The minimum Gasteiger partial charge on any atom is -0.418 e. The zero-order valence-corrected chi connectivity index (χ0v) is 15.9. The fraction of sp³-hybridized carbons (Fsp3) is 0.789. The molecule has 148 valence electrons. The first-order valence-electron chi connectivity index (χ1n) is 10.0. The molecule has 1 aromatic heterocycles. The largest absolute Gasteiger partial charge is 0.418 e. The van der Waals surface area contributed by atoms with E-state index in [-0.39, 0.29) is 42.3 Å². The molecule has 3 aliphatic rings. The molecule has 1 amide bonds. The van der Waals surface area contributed by atoms with Gasteiger partial charge in [-0.1, -0.05) is 19.8 Å². The van der Waals surface area contributed by atoms with Gasteiger partial charge in [-0.15, -0.1) is 10.2 Å². The van der Waals surface area contributed by atoms with E-state index in [0.29, 0.717) is 18.9 Å². The average molecular weight is 376 g/mol. The first kappa shape index (κ1) is 18.6. The van der Waals surface area contributed by atoms with Crippen LogP contribution in [-0.4, -0.2) is 68.7 Å². The van der Waals surface area contributed by atoms with Crippen molar-refractivity contribution >= 4 is 11.7 Å². The number of nitrogens with zero attached hydrogens (tertiary/aromatic N) is 4. The number of carbonyl (C=O) groups is 2. The van der Waals surface area contributed by atoms with Crippen LogP contribution in [0.2, 0.25) is 0 Å². The second kappa shape index (κ2) is 7.31. The quantitative estimate of drug-likeness (QED) is 0.568. The van der Waals surface area contributed by atoms with Gasteiger partial charge in [0, 0.05) is 18.0 Å². The number of likely N-dealkylation sites (tertiary alicyclic amines) is 1. The van der Waals surface area contributed by atoms with Crippen molar-refractivity contribution in [2.45, 2.75) is 75.8 Å². The Hall–Kier alpha value is -1.80. The van der Waals surface area contributed by atoms with Crippen molar-refractivity contribution in [2.24, 2.45) is 0 Å². The number of aromatic nitrogens is 2. The van der Waals surface area contributed by atoms with Gasteiger partial charge in [0.15, 0.2) is 0 Å². The fourth-order valence-corrected chi connectivity index (χ4v) is 4.28. The summed E-state index contributed by atoms with van der Waals surface area (Å²) in [4.78, 5) is 29.2. The lowest BCUT2D eigenvalue weighted by Crippen LogP contribution is -2.47. The average Bonchev–Trinajstić information content (AvgIpc) is 3.21. The van der Waals surface area contributed by atoms with Crippen LogP contribution in [0.5, 0.6) is 0 Å². The molecule has 0 bridgehead atoms. The first-order chi connectivity index (χ1) is 13.0. The highest BCUT2D eigenvalue weighted by Gasteiger charge is 2.45. The standard InChI is InChI=1S/C19H28N4O4/c1-19(8-9-19)18-21-20-17(27-18)16(26)14-7-4-10-23(14)15(25)11-22(12-24)13-5-2-3-6-13/h13-14,24H,2-12H2,1H3. The van der Waals surface area contributed by atoms with Crippen LogP contribution < -0.4 is 0 Å². The van der Waals surface area contributed by atoms with Crippen LogP contribution in [0.3, 0.4) is 0 Å². The molecule has 2 aliphatic carbocycles. The van der Waals surface area contributed by atoms with Crippen LogP contribution in [0.25, 0.3) is 0 Å². The van der Waals surface area contributed by atoms with Gasteiger partial charge in [0.1, 0.15) is 6.04 Å². The monoisotopic (exact) mass is 376 g/mol. The lowest BCUT2D eigenvalue weighted by Gasteiger charge is -2.29. The highest BCUT2D eigenvalue weighted by atomic mass is 16.4. The molecule has 8 nitrogen and oxygen atoms in total. The highest BCUT2D eigenvalue weighted by Crippen LogP contribution is 2.46. The molecule has 1 N–H and O–H groups in total. The van der Waals surface area contributed by atoms with E-state index in [9.17, 15) is 14.7 Å². The molecule has 1 atom stereocenters. The Bertz CT molecular complexity index is 708. The van der Waals surface area contributed by atoms with E-state index in [1.54, 1.807) is 4.90 Å². The minimum atomic E-state index is -0.540. The molecular formula is C19H28N4O4. The summed E-state index contributed by atoms with van der Waals surface area (Å²) in [7, 11) is 0. The summed E-state index contributed by atoms with van der Waals surface area (Å²) in [6, 6.07) is -0.282. The van der Waals surface area contributed by atoms with E-state index in [2.05, 4.69) is 10.2 Å². The van der Waals surface area contributed by atoms with Gasteiger partial charge in [-0.2, -0.15) is 0 Å². The summed E-state index contributed by atoms with van der Waals surface area (Å²) in [5.74, 6) is 0.160. The number of aliphatic hydroxyl groups excluding tert-OH is 1. The second-order valence-electron chi connectivity index (χ2n) is 8.41. The van der Waals surface area contributed by atoms with Crippen LogP contribution in [0, 0.1) is 0 Å². The van der Waals surface area contributed by atoms with Crippen molar-refractivity contribution in [3.8, 4) is 0 Å². The Labute approximate surface area is 158 Å². The zero-order chi connectivity index (χ0) is 19.0. The summed E-state index contributed by atoms with van der Waals surface area (Å²) >= 11 is 0. The molecule has 27 heavy (non-hydrogen) atoms. The zero-order valence-electron chi connectivity index (χ0n) is 15.9. The van der Waals surface area contributed by atoms with E-state index >= 15 is 0 Å². The molecular weight excluding hydrogens is 348 g/mol. The van der Waals surface area contributed by atoms with E-state index in [4.69, 9.17) is 4.42 Å². The molecule has 2 saturated carbocycles. The SMILES string of the molecule is CC1(c2nnc(C(=O)C3CCCN3C(=O)CN(CO)C3CCCC3)o2)CC1. The van der Waals surface area contributed by atoms with Crippen molar-refractivity contribution in [3.63, 3.8) is 0 Å². The number of hydrogen-bond donors (Lipinski definition) is 1. The van der Waals surface area contributed by atoms with Gasteiger partial charge in [0.25, 0.3) is 5.89 Å². The smallest absolute Gasteiger partial charge is 0.286 e. The molecule has 0 spiro atoms. The van der Waals surface area contributed by atoms with Gasteiger partial charge >= 0.3 is 0 Å². The Morgan fingerprint density at radius 3 is 2.63 bits per heavy atom. The molecule has 1 aromatic rings. The van der Waals surface area contributed by atoms with Crippen LogP contribution in [-0.2, 0) is 10.2 Å². The van der Waals surface area contributed by atoms with Gasteiger partial charge < -0.3 is 14.4 Å². The fourth-order valence-electron chi connectivity index (χ4n) is 4.28. The number of Topliss-reactive ketones (excluding diaryl/α,β-unsaturated/α-hetero) is 1. The third-order valence-electron chi connectivity index (χ3n) is 6.39. The molecule has 3 fully saturated rings. The van der Waals surface area contributed by atoms with E-state index in [1.807, 2.05) is 11.8 Å². The molecule has 1 aliphatic heterocycles. The maximum Gasteiger partial charge on any atom is 0.286 e. The maximum atomic E-state index is 12.9. The van der Waals surface area contributed by atoms with Crippen molar-refractivity contribution in [2.75, 3.05) is 19.8 Å². The van der Waals surface area contributed by atoms with Crippen molar-refractivity contribution in [3.05, 3.63) is 11.8 Å². The summed E-state index contributed by atoms with van der Waals surface area (Å²) in [5, 5.41) is 17.7. The summed E-state index contributed by atoms with van der Waals surface area (Å²) in [6.07, 6.45) is 7.69. The number of hydrogen-bond acceptors (Lipinski definition) is 7. The van der Waals surface area contributed by atoms with Gasteiger partial charge in [-0.05, 0) is 38.5 Å². The van der Waals surface area contributed by atoms with Crippen molar-refractivity contribution < 1.29 is 19.1 Å². The van der Waals surface area contributed by atoms with Crippen LogP contribution >= 0.6 is 0 Å². The number of ketones is 1. The van der Waals surface area contributed by atoms with Crippen LogP contribution in [0.4, 0.5) is 0 Å². The summed E-state index contributed by atoms with van der Waals surface area (Å²) in [6.45, 7) is 2.62. The number of amides is 1. The number of carbonyl (C=O) groups excluding carboxylic acids is 2. The minimum absolute atomic E-state index is 0.0117. The van der Waals surface area contributed by atoms with Gasteiger partial charge in [0.2, 0.25) is 17.6 Å². The molecule has 1 unspecified atom stereocenters. The maximum absolute atomic E-state index is 12.9. The Kier molecular flexibility index (Phi) is 5.03. The Morgan fingerprint density at radius 2 is 1.96 bits per heavy atom. The van der Waals surface area contributed by atoms with Crippen molar-refractivity contribution in [1.82, 2.24) is 20.0 Å². The number of aliphatic hydroxyl groups is 1. The molecule has 2 heterocycles. The Morgan fingerprint density at radius 1 is 1.22 bits per heavy atom. The normalized spacial score (nSPS) is 24.7.